The second-order valence-electron chi connectivity index (χ2n) is 4.85. The number of hydrogen-bond acceptors (Lipinski definition) is 4. The fourth-order valence-electron chi connectivity index (χ4n) is 2.50. The Morgan fingerprint density at radius 2 is 2.11 bits per heavy atom. The molecule has 0 aliphatic carbocycles. The van der Waals surface area contributed by atoms with E-state index < -0.39 is 5.60 Å². The first kappa shape index (κ1) is 10.1. The number of hydrogen-bond donors (Lipinski definition) is 0. The molecule has 5 heteroatoms. The van der Waals surface area contributed by atoms with Crippen LogP contribution >= 0.6 is 11.3 Å². The van der Waals surface area contributed by atoms with Gasteiger partial charge in [0.05, 0.1) is 0 Å². The molecule has 4 nitrogen and oxygen atoms in total. The summed E-state index contributed by atoms with van der Waals surface area (Å²) in [6, 6.07) is 8.02. The number of imidazole rings is 1. The molecule has 3 aromatic rings. The third-order valence-electron chi connectivity index (χ3n) is 3.22. The number of para-hydroxylation sites is 1. The van der Waals surface area contributed by atoms with Gasteiger partial charge in [-0.3, -0.25) is 0 Å². The van der Waals surface area contributed by atoms with Crippen LogP contribution in [0.5, 0.6) is 5.75 Å². The Morgan fingerprint density at radius 3 is 3.00 bits per heavy atom. The normalized spacial score (nSPS) is 16.1. The third kappa shape index (κ3) is 1.14. The Bertz CT molecular complexity index is 757. The molecule has 0 saturated carbocycles. The van der Waals surface area contributed by atoms with Gasteiger partial charge in [0, 0.05) is 5.56 Å². The highest BCUT2D eigenvalue weighted by molar-refractivity contribution is 7.14. The van der Waals surface area contributed by atoms with Gasteiger partial charge in [-0.15, -0.1) is 0 Å². The van der Waals surface area contributed by atoms with Crippen molar-refractivity contribution in [3.8, 4) is 17.0 Å². The molecule has 0 unspecified atom stereocenters. The van der Waals surface area contributed by atoms with Crippen LogP contribution in [-0.4, -0.2) is 14.6 Å². The molecule has 0 fully saturated rings. The number of rotatable bonds is 0. The van der Waals surface area contributed by atoms with Crippen LogP contribution in [-0.2, 0) is 5.60 Å². The molecule has 1 aliphatic heterocycles. The van der Waals surface area contributed by atoms with Crippen molar-refractivity contribution >= 4 is 16.3 Å². The highest BCUT2D eigenvalue weighted by atomic mass is 32.1. The van der Waals surface area contributed by atoms with E-state index >= 15 is 0 Å². The van der Waals surface area contributed by atoms with E-state index in [-0.39, 0.29) is 0 Å². The lowest BCUT2D eigenvalue weighted by Crippen LogP contribution is -2.30. The summed E-state index contributed by atoms with van der Waals surface area (Å²) < 4.78 is 7.97. The van der Waals surface area contributed by atoms with E-state index in [1.165, 1.54) is 0 Å². The third-order valence-corrected chi connectivity index (χ3v) is 3.90. The van der Waals surface area contributed by atoms with Gasteiger partial charge in [-0.2, -0.15) is 5.10 Å². The van der Waals surface area contributed by atoms with Crippen molar-refractivity contribution in [1.82, 2.24) is 14.6 Å². The van der Waals surface area contributed by atoms with Gasteiger partial charge in [0.2, 0.25) is 4.96 Å². The summed E-state index contributed by atoms with van der Waals surface area (Å²) in [5.74, 6) is 0.890. The van der Waals surface area contributed by atoms with Gasteiger partial charge in [0.25, 0.3) is 0 Å². The van der Waals surface area contributed by atoms with Gasteiger partial charge in [-0.25, -0.2) is 9.50 Å². The van der Waals surface area contributed by atoms with Crippen LogP contribution in [0.15, 0.2) is 29.8 Å². The molecule has 90 valence electrons. The summed E-state index contributed by atoms with van der Waals surface area (Å²) in [6.07, 6.45) is 0. The molecular formula is C13H11N3OS. The van der Waals surface area contributed by atoms with Gasteiger partial charge >= 0.3 is 0 Å². The van der Waals surface area contributed by atoms with E-state index in [0.29, 0.717) is 0 Å². The second kappa shape index (κ2) is 3.11. The quantitative estimate of drug-likeness (QED) is 0.621. The van der Waals surface area contributed by atoms with E-state index in [2.05, 4.69) is 23.9 Å². The second-order valence-corrected chi connectivity index (χ2v) is 5.66. The van der Waals surface area contributed by atoms with Crippen LogP contribution in [0.3, 0.4) is 0 Å². The molecule has 3 heterocycles. The van der Waals surface area contributed by atoms with Crippen LogP contribution < -0.4 is 4.74 Å². The SMILES string of the molecule is CC1(C)Oc2ccccc2-c2nc3scnn3c21. The van der Waals surface area contributed by atoms with Crippen LogP contribution in [0.4, 0.5) is 0 Å². The maximum atomic E-state index is 6.09. The molecule has 0 radical (unpaired) electrons. The predicted molar refractivity (Wildman–Crippen MR) is 70.0 cm³/mol. The van der Waals surface area contributed by atoms with Gasteiger partial charge in [0.1, 0.15) is 28.2 Å². The number of aromatic nitrogens is 3. The lowest BCUT2D eigenvalue weighted by Gasteiger charge is -2.31. The molecule has 0 bridgehead atoms. The van der Waals surface area contributed by atoms with E-state index in [9.17, 15) is 0 Å². The minimum atomic E-state index is -0.419. The van der Waals surface area contributed by atoms with Crippen molar-refractivity contribution in [2.75, 3.05) is 0 Å². The van der Waals surface area contributed by atoms with Crippen molar-refractivity contribution in [2.45, 2.75) is 19.4 Å². The fourth-order valence-corrected chi connectivity index (χ4v) is 3.11. The Morgan fingerprint density at radius 1 is 1.28 bits per heavy atom. The lowest BCUT2D eigenvalue weighted by molar-refractivity contribution is 0.0985. The zero-order valence-corrected chi connectivity index (χ0v) is 10.9. The summed E-state index contributed by atoms with van der Waals surface area (Å²) in [7, 11) is 0. The molecule has 0 saturated heterocycles. The smallest absolute Gasteiger partial charge is 0.212 e. The first-order valence-electron chi connectivity index (χ1n) is 5.78. The van der Waals surface area contributed by atoms with Crippen LogP contribution in [0.1, 0.15) is 19.5 Å². The van der Waals surface area contributed by atoms with E-state index in [1.807, 2.05) is 28.8 Å². The zero-order chi connectivity index (χ0) is 12.3. The van der Waals surface area contributed by atoms with Crippen molar-refractivity contribution in [1.29, 1.82) is 0 Å². The van der Waals surface area contributed by atoms with E-state index in [0.717, 1.165) is 27.7 Å². The summed E-state index contributed by atoms with van der Waals surface area (Å²) in [5, 5.41) is 4.35. The average molecular weight is 257 g/mol. The molecule has 4 rings (SSSR count). The van der Waals surface area contributed by atoms with Crippen LogP contribution in [0.25, 0.3) is 16.2 Å². The summed E-state index contributed by atoms with van der Waals surface area (Å²) >= 11 is 1.54. The number of ether oxygens (including phenoxy) is 1. The van der Waals surface area contributed by atoms with Crippen molar-refractivity contribution in [3.63, 3.8) is 0 Å². The van der Waals surface area contributed by atoms with Crippen LogP contribution in [0.2, 0.25) is 0 Å². The number of fused-ring (bicyclic) bond motifs is 5. The Labute approximate surface area is 108 Å². The molecule has 1 aliphatic rings. The van der Waals surface area contributed by atoms with E-state index in [1.54, 1.807) is 16.8 Å². The Kier molecular flexibility index (Phi) is 1.74. The minimum absolute atomic E-state index is 0.419. The topological polar surface area (TPSA) is 39.4 Å². The van der Waals surface area contributed by atoms with Crippen molar-refractivity contribution in [3.05, 3.63) is 35.5 Å². The van der Waals surface area contributed by atoms with Gasteiger partial charge in [-0.1, -0.05) is 23.5 Å². The highest BCUT2D eigenvalue weighted by Gasteiger charge is 2.37. The molecule has 1 aromatic carbocycles. The average Bonchev–Trinajstić information content (AvgIpc) is 2.87. The summed E-state index contributed by atoms with van der Waals surface area (Å²) in [6.45, 7) is 4.10. The number of nitrogens with zero attached hydrogens (tertiary/aromatic N) is 3. The highest BCUT2D eigenvalue weighted by Crippen LogP contribution is 2.44. The first-order valence-corrected chi connectivity index (χ1v) is 6.66. The Balaban J connectivity index is 2.15. The fraction of sp³-hybridized carbons (Fsp3) is 0.231. The molecular weight excluding hydrogens is 246 g/mol. The van der Waals surface area contributed by atoms with Crippen molar-refractivity contribution < 1.29 is 4.74 Å². The minimum Gasteiger partial charge on any atom is -0.481 e. The van der Waals surface area contributed by atoms with Crippen LogP contribution in [0, 0.1) is 0 Å². The summed E-state index contributed by atoms with van der Waals surface area (Å²) in [5.41, 5.74) is 4.44. The monoisotopic (exact) mass is 257 g/mol. The first-order chi connectivity index (χ1) is 8.67. The maximum Gasteiger partial charge on any atom is 0.212 e. The molecule has 0 spiro atoms. The Hall–Kier alpha value is -1.88. The maximum absolute atomic E-state index is 6.09. The molecule has 0 amide bonds. The largest absolute Gasteiger partial charge is 0.481 e. The molecule has 0 N–H and O–H groups in total. The zero-order valence-electron chi connectivity index (χ0n) is 10.0. The predicted octanol–water partition coefficient (Wildman–Crippen LogP) is 3.09. The van der Waals surface area contributed by atoms with Gasteiger partial charge in [0.15, 0.2) is 0 Å². The molecule has 18 heavy (non-hydrogen) atoms. The molecule has 0 atom stereocenters. The molecule has 2 aromatic heterocycles. The van der Waals surface area contributed by atoms with Gasteiger partial charge in [-0.05, 0) is 26.0 Å². The van der Waals surface area contributed by atoms with Crippen molar-refractivity contribution in [2.24, 2.45) is 0 Å². The van der Waals surface area contributed by atoms with E-state index in [4.69, 9.17) is 4.74 Å². The standard InChI is InChI=1S/C13H11N3OS/c1-13(2)11-10(15-12-16(11)14-7-18-12)8-5-3-4-6-9(8)17-13/h3-7H,1-2H3. The number of benzene rings is 1. The lowest BCUT2D eigenvalue weighted by atomic mass is 9.95. The summed E-state index contributed by atoms with van der Waals surface area (Å²) in [4.78, 5) is 5.60. The van der Waals surface area contributed by atoms with Gasteiger partial charge < -0.3 is 4.74 Å².